The van der Waals surface area contributed by atoms with E-state index in [4.69, 9.17) is 6.57 Å². The van der Waals surface area contributed by atoms with Gasteiger partial charge in [-0.3, -0.25) is 0 Å². The van der Waals surface area contributed by atoms with E-state index in [-0.39, 0.29) is 0 Å². The lowest BCUT2D eigenvalue weighted by molar-refractivity contribution is 1.47. The Morgan fingerprint density at radius 3 is 2.70 bits per heavy atom. The fourth-order valence-electron chi connectivity index (χ4n) is 0.703. The van der Waals surface area contributed by atoms with Gasteiger partial charge >= 0.3 is 0 Å². The second-order valence-corrected chi connectivity index (χ2v) is 2.96. The highest BCUT2D eigenvalue weighted by Crippen LogP contribution is 2.22. The van der Waals surface area contributed by atoms with E-state index in [0.29, 0.717) is 0 Å². The molecule has 0 aromatic heterocycles. The molecule has 0 heterocycles. The molecule has 2 heteroatoms. The molecule has 0 radical (unpaired) electrons. The second kappa shape index (κ2) is 2.85. The summed E-state index contributed by atoms with van der Waals surface area (Å²) in [5, 5.41) is 0. The van der Waals surface area contributed by atoms with Crippen molar-refractivity contribution in [3.63, 3.8) is 0 Å². The van der Waals surface area contributed by atoms with Gasteiger partial charge in [0.2, 0.25) is 0 Å². The SMILES string of the molecule is [C-]#[N+]c1cc(Br)ccc1C. The fourth-order valence-corrected chi connectivity index (χ4v) is 1.05. The highest BCUT2D eigenvalue weighted by Gasteiger charge is 1.95. The van der Waals surface area contributed by atoms with Crippen molar-refractivity contribution < 1.29 is 0 Å². The number of halogens is 1. The van der Waals surface area contributed by atoms with E-state index < -0.39 is 0 Å². The van der Waals surface area contributed by atoms with Crippen molar-refractivity contribution in [3.05, 3.63) is 39.7 Å². The van der Waals surface area contributed by atoms with E-state index in [9.17, 15) is 0 Å². The maximum absolute atomic E-state index is 6.79. The van der Waals surface area contributed by atoms with Crippen LogP contribution in [0.2, 0.25) is 0 Å². The van der Waals surface area contributed by atoms with Crippen LogP contribution in [-0.2, 0) is 0 Å². The maximum Gasteiger partial charge on any atom is 0.191 e. The summed E-state index contributed by atoms with van der Waals surface area (Å²) in [6.45, 7) is 8.72. The minimum Gasteiger partial charge on any atom is -0.238 e. The van der Waals surface area contributed by atoms with Crippen LogP contribution in [0.3, 0.4) is 0 Å². The normalized spacial score (nSPS) is 8.90. The second-order valence-electron chi connectivity index (χ2n) is 2.04. The molecule has 1 aromatic rings. The molecule has 0 aliphatic carbocycles. The molecule has 0 N–H and O–H groups in total. The van der Waals surface area contributed by atoms with Crippen molar-refractivity contribution in [2.45, 2.75) is 6.92 Å². The molecule has 0 saturated carbocycles. The zero-order valence-electron chi connectivity index (χ0n) is 5.56. The molecular formula is C8H6BrN. The number of benzene rings is 1. The van der Waals surface area contributed by atoms with Crippen molar-refractivity contribution in [1.82, 2.24) is 0 Å². The third-order valence-electron chi connectivity index (χ3n) is 1.29. The van der Waals surface area contributed by atoms with E-state index in [1.807, 2.05) is 25.1 Å². The van der Waals surface area contributed by atoms with Gasteiger partial charge in [0.05, 0.1) is 6.57 Å². The molecule has 0 aliphatic rings. The standard InChI is InChI=1S/C8H6BrN/c1-6-3-4-7(9)5-8(6)10-2/h3-5H,1H3. The Bertz CT molecular complexity index is 286. The predicted molar refractivity (Wildman–Crippen MR) is 45.1 cm³/mol. The van der Waals surface area contributed by atoms with Gasteiger partial charge in [0, 0.05) is 4.47 Å². The van der Waals surface area contributed by atoms with Gasteiger partial charge in [-0.2, -0.15) is 0 Å². The smallest absolute Gasteiger partial charge is 0.191 e. The molecule has 1 rings (SSSR count). The van der Waals surface area contributed by atoms with Gasteiger partial charge in [0.25, 0.3) is 0 Å². The summed E-state index contributed by atoms with van der Waals surface area (Å²) < 4.78 is 0.962. The Balaban J connectivity index is 3.25. The Labute approximate surface area is 68.6 Å². The molecule has 0 spiro atoms. The average molecular weight is 196 g/mol. The fraction of sp³-hybridized carbons (Fsp3) is 0.125. The number of hydrogen-bond donors (Lipinski definition) is 0. The molecule has 0 saturated heterocycles. The minimum absolute atomic E-state index is 0.717. The lowest BCUT2D eigenvalue weighted by atomic mass is 10.2. The summed E-state index contributed by atoms with van der Waals surface area (Å²) in [6.07, 6.45) is 0. The van der Waals surface area contributed by atoms with Gasteiger partial charge in [0.1, 0.15) is 0 Å². The van der Waals surface area contributed by atoms with Gasteiger partial charge in [-0.1, -0.05) is 28.1 Å². The monoisotopic (exact) mass is 195 g/mol. The van der Waals surface area contributed by atoms with Crippen LogP contribution in [0.25, 0.3) is 4.85 Å². The van der Waals surface area contributed by atoms with Gasteiger partial charge in [-0.15, -0.1) is 0 Å². The van der Waals surface area contributed by atoms with Gasteiger partial charge in [-0.25, -0.2) is 4.85 Å². The summed E-state index contributed by atoms with van der Waals surface area (Å²) in [5.41, 5.74) is 1.74. The van der Waals surface area contributed by atoms with Crippen LogP contribution >= 0.6 is 15.9 Å². The maximum atomic E-state index is 6.79. The van der Waals surface area contributed by atoms with Crippen LogP contribution in [0.15, 0.2) is 22.7 Å². The molecule has 0 fully saturated rings. The van der Waals surface area contributed by atoms with E-state index in [1.54, 1.807) is 0 Å². The molecule has 0 unspecified atom stereocenters. The Hall–Kier alpha value is -0.810. The summed E-state index contributed by atoms with van der Waals surface area (Å²) in [5.74, 6) is 0. The predicted octanol–water partition coefficient (Wildman–Crippen LogP) is 3.31. The zero-order chi connectivity index (χ0) is 7.56. The first kappa shape index (κ1) is 7.30. The molecule has 0 amide bonds. The molecule has 50 valence electrons. The molecule has 10 heavy (non-hydrogen) atoms. The van der Waals surface area contributed by atoms with Gasteiger partial charge in [-0.05, 0) is 18.6 Å². The minimum atomic E-state index is 0.717. The zero-order valence-corrected chi connectivity index (χ0v) is 7.14. The van der Waals surface area contributed by atoms with Crippen molar-refractivity contribution in [2.24, 2.45) is 0 Å². The van der Waals surface area contributed by atoms with Gasteiger partial charge < -0.3 is 0 Å². The van der Waals surface area contributed by atoms with Crippen LogP contribution in [-0.4, -0.2) is 0 Å². The van der Waals surface area contributed by atoms with Crippen LogP contribution in [0, 0.1) is 13.5 Å². The lowest BCUT2D eigenvalue weighted by Gasteiger charge is -1.95. The van der Waals surface area contributed by atoms with Crippen molar-refractivity contribution in [3.8, 4) is 0 Å². The Morgan fingerprint density at radius 1 is 1.50 bits per heavy atom. The van der Waals surface area contributed by atoms with Crippen LogP contribution in [0.1, 0.15) is 5.56 Å². The molecule has 1 aromatic carbocycles. The number of rotatable bonds is 0. The quantitative estimate of drug-likeness (QED) is 0.560. The highest BCUT2D eigenvalue weighted by atomic mass is 79.9. The van der Waals surface area contributed by atoms with Crippen molar-refractivity contribution in [1.29, 1.82) is 0 Å². The average Bonchev–Trinajstić information content (AvgIpc) is 1.94. The van der Waals surface area contributed by atoms with E-state index in [1.165, 1.54) is 0 Å². The molecule has 0 atom stereocenters. The van der Waals surface area contributed by atoms with Crippen LogP contribution in [0.5, 0.6) is 0 Å². The Morgan fingerprint density at radius 2 is 2.20 bits per heavy atom. The molecule has 0 aliphatic heterocycles. The summed E-state index contributed by atoms with van der Waals surface area (Å²) in [4.78, 5) is 3.35. The molecular weight excluding hydrogens is 190 g/mol. The first-order chi connectivity index (χ1) is 4.74. The topological polar surface area (TPSA) is 4.36 Å². The lowest BCUT2D eigenvalue weighted by Crippen LogP contribution is -1.70. The van der Waals surface area contributed by atoms with E-state index in [2.05, 4.69) is 20.8 Å². The summed E-state index contributed by atoms with van der Waals surface area (Å²) >= 11 is 3.29. The van der Waals surface area contributed by atoms with Crippen molar-refractivity contribution >= 4 is 21.6 Å². The van der Waals surface area contributed by atoms with Crippen LogP contribution < -0.4 is 0 Å². The molecule has 1 nitrogen and oxygen atoms in total. The van der Waals surface area contributed by atoms with Gasteiger partial charge in [0.15, 0.2) is 5.69 Å². The third kappa shape index (κ3) is 1.37. The highest BCUT2D eigenvalue weighted by molar-refractivity contribution is 9.10. The summed E-state index contributed by atoms with van der Waals surface area (Å²) in [6, 6.07) is 5.68. The first-order valence-electron chi connectivity index (χ1n) is 2.87. The number of hydrogen-bond acceptors (Lipinski definition) is 0. The summed E-state index contributed by atoms with van der Waals surface area (Å²) in [7, 11) is 0. The van der Waals surface area contributed by atoms with E-state index >= 15 is 0 Å². The third-order valence-corrected chi connectivity index (χ3v) is 1.78. The first-order valence-corrected chi connectivity index (χ1v) is 3.67. The van der Waals surface area contributed by atoms with E-state index in [0.717, 1.165) is 15.7 Å². The Kier molecular flexibility index (Phi) is 2.08. The molecule has 0 bridgehead atoms. The van der Waals surface area contributed by atoms with Crippen LogP contribution in [0.4, 0.5) is 5.69 Å². The largest absolute Gasteiger partial charge is 0.238 e. The number of aryl methyl sites for hydroxylation is 1. The van der Waals surface area contributed by atoms with Crippen molar-refractivity contribution in [2.75, 3.05) is 0 Å². The number of nitrogens with zero attached hydrogens (tertiary/aromatic N) is 1.